The molecular formula is C19H16N4S. The van der Waals surface area contributed by atoms with E-state index in [0.717, 1.165) is 41.5 Å². The molecule has 0 fully saturated rings. The largest absolute Gasteiger partial charge is 0.366 e. The average Bonchev–Trinajstić information content (AvgIpc) is 3.05. The van der Waals surface area contributed by atoms with E-state index in [9.17, 15) is 5.26 Å². The van der Waals surface area contributed by atoms with E-state index in [1.165, 1.54) is 10.6 Å². The van der Waals surface area contributed by atoms with E-state index in [2.05, 4.69) is 22.0 Å². The molecule has 1 aliphatic rings. The molecule has 4 nitrogen and oxygen atoms in total. The van der Waals surface area contributed by atoms with Crippen molar-refractivity contribution in [3.8, 4) is 16.8 Å². The molecule has 24 heavy (non-hydrogen) atoms. The average molecular weight is 332 g/mol. The second kappa shape index (κ2) is 6.06. The molecule has 118 valence electrons. The van der Waals surface area contributed by atoms with Gasteiger partial charge < -0.3 is 4.90 Å². The molecule has 0 unspecified atom stereocenters. The monoisotopic (exact) mass is 332 g/mol. The zero-order chi connectivity index (χ0) is 16.5. The van der Waals surface area contributed by atoms with Crippen LogP contribution in [0.5, 0.6) is 0 Å². The molecule has 0 aliphatic carbocycles. The van der Waals surface area contributed by atoms with Gasteiger partial charge in [0.2, 0.25) is 0 Å². The summed E-state index contributed by atoms with van der Waals surface area (Å²) in [4.78, 5) is 12.8. The van der Waals surface area contributed by atoms with E-state index in [1.807, 2.05) is 37.3 Å². The maximum Gasteiger partial charge on any atom is 0.142 e. The SMILES string of the molecule is Cc1cc(C#N)cc(N2CCc3nc(-c4ccccn4)sc3C2)c1. The van der Waals surface area contributed by atoms with Crippen LogP contribution in [0.25, 0.3) is 10.7 Å². The maximum absolute atomic E-state index is 9.19. The minimum atomic E-state index is 0.717. The highest BCUT2D eigenvalue weighted by Crippen LogP contribution is 2.33. The van der Waals surface area contributed by atoms with Gasteiger partial charge in [0, 0.05) is 29.7 Å². The Morgan fingerprint density at radius 3 is 2.96 bits per heavy atom. The van der Waals surface area contributed by atoms with Crippen LogP contribution in [0.2, 0.25) is 0 Å². The van der Waals surface area contributed by atoms with Crippen LogP contribution in [0.4, 0.5) is 5.69 Å². The fraction of sp³-hybridized carbons (Fsp3) is 0.211. The maximum atomic E-state index is 9.19. The standard InChI is InChI=1S/C19H16N4S/c1-13-8-14(11-20)10-15(9-13)23-7-5-16-18(12-23)24-19(22-16)17-4-2-3-6-21-17/h2-4,6,8-10H,5,7,12H2,1H3. The van der Waals surface area contributed by atoms with Gasteiger partial charge in [0.25, 0.3) is 0 Å². The topological polar surface area (TPSA) is 52.8 Å². The summed E-state index contributed by atoms with van der Waals surface area (Å²) in [6.07, 6.45) is 2.73. The molecule has 3 aromatic rings. The Labute approximate surface area is 145 Å². The van der Waals surface area contributed by atoms with Crippen molar-refractivity contribution in [3.05, 3.63) is 64.3 Å². The van der Waals surface area contributed by atoms with Crippen molar-refractivity contribution in [2.75, 3.05) is 11.4 Å². The molecule has 0 spiro atoms. The van der Waals surface area contributed by atoms with Crippen molar-refractivity contribution in [2.24, 2.45) is 0 Å². The number of aromatic nitrogens is 2. The summed E-state index contributed by atoms with van der Waals surface area (Å²) in [5, 5.41) is 10.2. The van der Waals surface area contributed by atoms with Crippen molar-refractivity contribution in [2.45, 2.75) is 19.9 Å². The van der Waals surface area contributed by atoms with Crippen LogP contribution in [0.15, 0.2) is 42.6 Å². The van der Waals surface area contributed by atoms with Gasteiger partial charge in [-0.1, -0.05) is 6.07 Å². The highest BCUT2D eigenvalue weighted by molar-refractivity contribution is 7.15. The Hall–Kier alpha value is -2.71. The number of anilines is 1. The molecule has 0 radical (unpaired) electrons. The summed E-state index contributed by atoms with van der Waals surface area (Å²) in [6.45, 7) is 3.80. The van der Waals surface area contributed by atoms with Gasteiger partial charge in [-0.3, -0.25) is 4.98 Å². The molecule has 0 N–H and O–H groups in total. The van der Waals surface area contributed by atoms with Crippen LogP contribution in [0.1, 0.15) is 21.7 Å². The van der Waals surface area contributed by atoms with Crippen molar-refractivity contribution in [3.63, 3.8) is 0 Å². The van der Waals surface area contributed by atoms with E-state index in [-0.39, 0.29) is 0 Å². The molecule has 3 heterocycles. The van der Waals surface area contributed by atoms with E-state index in [4.69, 9.17) is 4.98 Å². The van der Waals surface area contributed by atoms with Crippen LogP contribution in [-0.2, 0) is 13.0 Å². The van der Waals surface area contributed by atoms with Crippen molar-refractivity contribution in [1.82, 2.24) is 9.97 Å². The molecule has 2 aromatic heterocycles. The van der Waals surface area contributed by atoms with Crippen LogP contribution in [0, 0.1) is 18.3 Å². The van der Waals surface area contributed by atoms with Crippen LogP contribution in [0.3, 0.4) is 0 Å². The first-order valence-electron chi connectivity index (χ1n) is 7.89. The summed E-state index contributed by atoms with van der Waals surface area (Å²) in [5.41, 5.74) is 5.07. The Balaban J connectivity index is 1.64. The predicted molar refractivity (Wildman–Crippen MR) is 96.0 cm³/mol. The lowest BCUT2D eigenvalue weighted by Gasteiger charge is -2.28. The molecule has 5 heteroatoms. The fourth-order valence-electron chi connectivity index (χ4n) is 3.02. The molecule has 1 aliphatic heterocycles. The van der Waals surface area contributed by atoms with Crippen molar-refractivity contribution >= 4 is 17.0 Å². The van der Waals surface area contributed by atoms with Crippen molar-refractivity contribution < 1.29 is 0 Å². The fourth-order valence-corrected chi connectivity index (χ4v) is 4.13. The first-order valence-corrected chi connectivity index (χ1v) is 8.71. The number of aryl methyl sites for hydroxylation is 1. The van der Waals surface area contributed by atoms with E-state index < -0.39 is 0 Å². The third kappa shape index (κ3) is 2.77. The number of fused-ring (bicyclic) bond motifs is 1. The summed E-state index contributed by atoms with van der Waals surface area (Å²) in [7, 11) is 0. The molecular weight excluding hydrogens is 316 g/mol. The Kier molecular flexibility index (Phi) is 3.75. The van der Waals surface area contributed by atoms with E-state index >= 15 is 0 Å². The number of pyridine rings is 1. The third-order valence-electron chi connectivity index (χ3n) is 4.17. The molecule has 0 bridgehead atoms. The van der Waals surface area contributed by atoms with Gasteiger partial charge >= 0.3 is 0 Å². The summed E-state index contributed by atoms with van der Waals surface area (Å²) < 4.78 is 0. The van der Waals surface area contributed by atoms with E-state index in [0.29, 0.717) is 5.56 Å². The van der Waals surface area contributed by atoms with Gasteiger partial charge in [-0.15, -0.1) is 11.3 Å². The lowest BCUT2D eigenvalue weighted by atomic mass is 10.1. The molecule has 4 rings (SSSR count). The third-order valence-corrected chi connectivity index (χ3v) is 5.28. The predicted octanol–water partition coefficient (Wildman–Crippen LogP) is 3.95. The van der Waals surface area contributed by atoms with Gasteiger partial charge in [0.1, 0.15) is 5.01 Å². The zero-order valence-corrected chi connectivity index (χ0v) is 14.2. The number of hydrogen-bond donors (Lipinski definition) is 0. The lowest BCUT2D eigenvalue weighted by Crippen LogP contribution is -2.29. The van der Waals surface area contributed by atoms with E-state index in [1.54, 1.807) is 17.5 Å². The Bertz CT molecular complexity index is 924. The van der Waals surface area contributed by atoms with Crippen LogP contribution in [-0.4, -0.2) is 16.5 Å². The van der Waals surface area contributed by atoms with Gasteiger partial charge in [-0.05, 0) is 42.8 Å². The first-order chi connectivity index (χ1) is 11.7. The number of nitriles is 1. The molecule has 1 aromatic carbocycles. The second-order valence-electron chi connectivity index (χ2n) is 5.94. The van der Waals surface area contributed by atoms with Gasteiger partial charge in [-0.2, -0.15) is 5.26 Å². The molecule has 0 amide bonds. The highest BCUT2D eigenvalue weighted by atomic mass is 32.1. The number of thiazole rings is 1. The summed E-state index contributed by atoms with van der Waals surface area (Å²) in [5.74, 6) is 0. The summed E-state index contributed by atoms with van der Waals surface area (Å²) >= 11 is 1.72. The Morgan fingerprint density at radius 2 is 2.17 bits per heavy atom. The number of hydrogen-bond acceptors (Lipinski definition) is 5. The minimum absolute atomic E-state index is 0.717. The molecule has 0 atom stereocenters. The second-order valence-corrected chi connectivity index (χ2v) is 7.03. The van der Waals surface area contributed by atoms with Crippen molar-refractivity contribution in [1.29, 1.82) is 5.26 Å². The first kappa shape index (κ1) is 14.9. The van der Waals surface area contributed by atoms with Gasteiger partial charge in [0.05, 0.1) is 29.6 Å². The number of rotatable bonds is 2. The van der Waals surface area contributed by atoms with Gasteiger partial charge in [0.15, 0.2) is 0 Å². The molecule has 0 saturated carbocycles. The van der Waals surface area contributed by atoms with Crippen LogP contribution < -0.4 is 4.90 Å². The van der Waals surface area contributed by atoms with Crippen LogP contribution >= 0.6 is 11.3 Å². The Morgan fingerprint density at radius 1 is 1.25 bits per heavy atom. The van der Waals surface area contributed by atoms with Gasteiger partial charge in [-0.25, -0.2) is 4.98 Å². The highest BCUT2D eigenvalue weighted by Gasteiger charge is 2.22. The lowest BCUT2D eigenvalue weighted by molar-refractivity contribution is 0.729. The summed E-state index contributed by atoms with van der Waals surface area (Å²) in [6, 6.07) is 14.2. The zero-order valence-electron chi connectivity index (χ0n) is 13.4. The minimum Gasteiger partial charge on any atom is -0.366 e. The number of benzene rings is 1. The molecule has 0 saturated heterocycles. The quantitative estimate of drug-likeness (QED) is 0.713. The smallest absolute Gasteiger partial charge is 0.142 e. The normalized spacial score (nSPS) is 13.4. The number of nitrogens with zero attached hydrogens (tertiary/aromatic N) is 4.